The number of anilines is 3. The molecule has 3 aromatic rings. The first-order chi connectivity index (χ1) is 19.5. The molecule has 226 valence electrons. The highest BCUT2D eigenvalue weighted by Gasteiger charge is 2.28. The maximum Gasteiger partial charge on any atom is 0.415 e. The van der Waals surface area contributed by atoms with Crippen molar-refractivity contribution in [1.82, 2.24) is 14.9 Å². The molecule has 0 saturated carbocycles. The van der Waals surface area contributed by atoms with Crippen molar-refractivity contribution in [2.45, 2.75) is 66.5 Å². The highest BCUT2D eigenvalue weighted by Crippen LogP contribution is 2.36. The first kappa shape index (κ1) is 32.3. The summed E-state index contributed by atoms with van der Waals surface area (Å²) in [6, 6.07) is 8.45. The first-order valence-electron chi connectivity index (χ1n) is 13.5. The van der Waals surface area contributed by atoms with Crippen LogP contribution in [0.4, 0.5) is 26.2 Å². The number of aryl methyl sites for hydroxylation is 1. The van der Waals surface area contributed by atoms with Crippen molar-refractivity contribution >= 4 is 46.1 Å². The van der Waals surface area contributed by atoms with E-state index in [9.17, 15) is 14.4 Å². The average Bonchev–Trinajstić information content (AvgIpc) is 3.31. The molecule has 1 aromatic carbocycles. The Kier molecular flexibility index (Phi) is 9.82. The van der Waals surface area contributed by atoms with Crippen LogP contribution >= 0.6 is 11.3 Å². The third kappa shape index (κ3) is 8.41. The van der Waals surface area contributed by atoms with Crippen LogP contribution in [0.3, 0.4) is 0 Å². The summed E-state index contributed by atoms with van der Waals surface area (Å²) in [6.45, 7) is 15.3. The van der Waals surface area contributed by atoms with Crippen LogP contribution in [0.5, 0.6) is 5.75 Å². The van der Waals surface area contributed by atoms with Gasteiger partial charge in [0.2, 0.25) is 0 Å². The molecule has 0 bridgehead atoms. The molecule has 3 rings (SSSR count). The number of rotatable bonds is 7. The molecule has 3 amide bonds. The molecule has 11 nitrogen and oxygen atoms in total. The monoisotopic (exact) mass is 596 g/mol. The molecule has 12 heteroatoms. The minimum Gasteiger partial charge on any atom is -0.444 e. The molecule has 0 atom stereocenters. The van der Waals surface area contributed by atoms with Crippen LogP contribution in [0.2, 0.25) is 0 Å². The van der Waals surface area contributed by atoms with Crippen LogP contribution in [-0.4, -0.2) is 64.7 Å². The second-order valence-electron chi connectivity index (χ2n) is 11.8. The maximum absolute atomic E-state index is 13.3. The van der Waals surface area contributed by atoms with Crippen molar-refractivity contribution in [1.29, 1.82) is 0 Å². The van der Waals surface area contributed by atoms with E-state index in [0.29, 0.717) is 40.0 Å². The topological polar surface area (TPSA) is 126 Å². The van der Waals surface area contributed by atoms with E-state index >= 15 is 0 Å². The number of benzene rings is 1. The van der Waals surface area contributed by atoms with E-state index < -0.39 is 23.3 Å². The fourth-order valence-corrected chi connectivity index (χ4v) is 4.72. The molecular weight excluding hydrogens is 556 g/mol. The van der Waals surface area contributed by atoms with Gasteiger partial charge in [-0.15, -0.1) is 11.3 Å². The lowest BCUT2D eigenvalue weighted by atomic mass is 10.1. The summed E-state index contributed by atoms with van der Waals surface area (Å²) < 4.78 is 11.2. The lowest BCUT2D eigenvalue weighted by Gasteiger charge is -2.33. The quantitative estimate of drug-likeness (QED) is 0.305. The van der Waals surface area contributed by atoms with Crippen molar-refractivity contribution in [2.24, 2.45) is 0 Å². The number of hydrogen-bond donors (Lipinski definition) is 2. The van der Waals surface area contributed by atoms with Gasteiger partial charge in [0.25, 0.3) is 5.91 Å². The molecule has 2 N–H and O–H groups in total. The van der Waals surface area contributed by atoms with Crippen molar-refractivity contribution < 1.29 is 23.9 Å². The zero-order chi connectivity index (χ0) is 31.4. The van der Waals surface area contributed by atoms with E-state index in [2.05, 4.69) is 20.6 Å². The van der Waals surface area contributed by atoms with Gasteiger partial charge in [-0.1, -0.05) is 0 Å². The minimum absolute atomic E-state index is 0.251. The van der Waals surface area contributed by atoms with Crippen LogP contribution in [0.1, 0.15) is 64.5 Å². The molecule has 0 aliphatic rings. The van der Waals surface area contributed by atoms with Crippen LogP contribution in [0.15, 0.2) is 35.7 Å². The fourth-order valence-electron chi connectivity index (χ4n) is 4.03. The van der Waals surface area contributed by atoms with Gasteiger partial charge in [-0.2, -0.15) is 0 Å². The van der Waals surface area contributed by atoms with E-state index in [4.69, 9.17) is 9.47 Å². The van der Waals surface area contributed by atoms with Crippen LogP contribution in [0, 0.1) is 6.92 Å². The molecule has 0 fully saturated rings. The van der Waals surface area contributed by atoms with E-state index in [1.165, 1.54) is 11.3 Å². The summed E-state index contributed by atoms with van der Waals surface area (Å²) in [5.74, 6) is 0.440. The molecule has 2 aromatic heterocycles. The van der Waals surface area contributed by atoms with E-state index in [1.807, 2.05) is 48.7 Å². The second-order valence-corrected chi connectivity index (χ2v) is 12.7. The summed E-state index contributed by atoms with van der Waals surface area (Å²) in [5.41, 5.74) is 1.41. The second kappa shape index (κ2) is 12.8. The highest BCUT2D eigenvalue weighted by molar-refractivity contribution is 7.14. The number of aromatic nitrogens is 2. The van der Waals surface area contributed by atoms with Gasteiger partial charge >= 0.3 is 12.2 Å². The van der Waals surface area contributed by atoms with Crippen molar-refractivity contribution in [2.75, 3.05) is 36.2 Å². The van der Waals surface area contributed by atoms with Crippen molar-refractivity contribution in [3.8, 4) is 17.0 Å². The SMILES string of the molecule is CCN(C(=O)Oc1ccc(NC(=O)c2ccc(C)nc2N(C)C)cc1-c1csc(NC(=O)OC(C)(C)C)n1)C(C)(C)C. The normalized spacial score (nSPS) is 11.5. The Labute approximate surface area is 251 Å². The molecular formula is C30H40N6O5S. The van der Waals surface area contributed by atoms with Gasteiger partial charge in [0.05, 0.1) is 11.3 Å². The first-order valence-corrected chi connectivity index (χ1v) is 14.4. The van der Waals surface area contributed by atoms with Crippen LogP contribution < -0.4 is 20.3 Å². The Hall–Kier alpha value is -4.19. The lowest BCUT2D eigenvalue weighted by Crippen LogP contribution is -2.46. The van der Waals surface area contributed by atoms with Crippen molar-refractivity contribution in [3.63, 3.8) is 0 Å². The fraction of sp³-hybridized carbons (Fsp3) is 0.433. The largest absolute Gasteiger partial charge is 0.444 e. The minimum atomic E-state index is -0.671. The number of ether oxygens (including phenoxy) is 2. The van der Waals surface area contributed by atoms with Gasteiger partial charge in [0.1, 0.15) is 17.2 Å². The van der Waals surface area contributed by atoms with Gasteiger partial charge in [-0.3, -0.25) is 10.1 Å². The van der Waals surface area contributed by atoms with Gasteiger partial charge < -0.3 is 24.6 Å². The zero-order valence-electron chi connectivity index (χ0n) is 25.9. The van der Waals surface area contributed by atoms with Gasteiger partial charge in [0.15, 0.2) is 5.13 Å². The number of nitrogens with zero attached hydrogens (tertiary/aromatic N) is 4. The summed E-state index contributed by atoms with van der Waals surface area (Å²) in [7, 11) is 3.64. The summed E-state index contributed by atoms with van der Waals surface area (Å²) in [6.07, 6.45) is -1.16. The molecule has 0 radical (unpaired) electrons. The Morgan fingerprint density at radius 1 is 0.976 bits per heavy atom. The maximum atomic E-state index is 13.3. The number of amides is 3. The van der Waals surface area contributed by atoms with Gasteiger partial charge in [0, 0.05) is 48.5 Å². The van der Waals surface area contributed by atoms with Crippen LogP contribution in [-0.2, 0) is 4.74 Å². The Balaban J connectivity index is 1.99. The standard InChI is InChI=1S/C30H40N6O5S/c1-11-36(29(3,4)5)28(39)40-23-15-13-19(32-25(37)20-14-12-18(2)31-24(20)35(9)10)16-21(23)22-17-42-26(33-22)34-27(38)41-30(6,7)8/h12-17H,11H2,1-10H3,(H,32,37)(H,33,34,38). The molecule has 0 aliphatic heterocycles. The summed E-state index contributed by atoms with van der Waals surface area (Å²) in [5, 5.41) is 7.58. The number of carbonyl (C=O) groups excluding carboxylic acids is 3. The third-order valence-corrected chi connectivity index (χ3v) is 6.61. The summed E-state index contributed by atoms with van der Waals surface area (Å²) in [4.78, 5) is 51.2. The molecule has 42 heavy (non-hydrogen) atoms. The van der Waals surface area contributed by atoms with Crippen molar-refractivity contribution in [3.05, 3.63) is 47.0 Å². The molecule has 0 saturated heterocycles. The zero-order valence-corrected chi connectivity index (χ0v) is 26.7. The highest BCUT2D eigenvalue weighted by atomic mass is 32.1. The van der Waals surface area contributed by atoms with E-state index in [0.717, 1.165) is 5.69 Å². The molecule has 0 unspecified atom stereocenters. The average molecular weight is 597 g/mol. The number of carbonyl (C=O) groups is 3. The Morgan fingerprint density at radius 3 is 2.26 bits per heavy atom. The number of hydrogen-bond acceptors (Lipinski definition) is 9. The number of pyridine rings is 1. The van der Waals surface area contributed by atoms with E-state index in [-0.39, 0.29) is 11.7 Å². The predicted octanol–water partition coefficient (Wildman–Crippen LogP) is 6.80. The predicted molar refractivity (Wildman–Crippen MR) is 167 cm³/mol. The van der Waals surface area contributed by atoms with Gasteiger partial charge in [-0.25, -0.2) is 19.6 Å². The molecule has 0 aliphatic carbocycles. The molecule has 2 heterocycles. The Morgan fingerprint density at radius 2 is 1.67 bits per heavy atom. The number of thiazole rings is 1. The van der Waals surface area contributed by atoms with Crippen LogP contribution in [0.25, 0.3) is 11.3 Å². The van der Waals surface area contributed by atoms with Gasteiger partial charge in [-0.05, 0) is 85.7 Å². The summed E-state index contributed by atoms with van der Waals surface area (Å²) >= 11 is 1.19. The lowest BCUT2D eigenvalue weighted by molar-refractivity contribution is 0.0635. The number of nitrogens with one attached hydrogen (secondary N) is 2. The molecule has 0 spiro atoms. The van der Waals surface area contributed by atoms with E-state index in [1.54, 1.807) is 66.3 Å². The Bertz CT molecular complexity index is 1460. The third-order valence-electron chi connectivity index (χ3n) is 5.85. The smallest absolute Gasteiger partial charge is 0.415 e.